The van der Waals surface area contributed by atoms with E-state index in [9.17, 15) is 14.7 Å². The third-order valence-corrected chi connectivity index (χ3v) is 7.04. The van der Waals surface area contributed by atoms with Crippen molar-refractivity contribution in [1.82, 2.24) is 4.98 Å². The molecule has 1 aromatic heterocycles. The fourth-order valence-electron chi connectivity index (χ4n) is 4.81. The molecule has 1 heterocycles. The molecule has 0 aliphatic heterocycles. The van der Waals surface area contributed by atoms with Crippen molar-refractivity contribution in [2.75, 3.05) is 6.61 Å². The van der Waals surface area contributed by atoms with Gasteiger partial charge in [0.1, 0.15) is 18.3 Å². The summed E-state index contributed by atoms with van der Waals surface area (Å²) in [5.74, 6) is 0.385. The first-order valence-electron chi connectivity index (χ1n) is 13.9. The molecular weight excluding hydrogens is 542 g/mol. The van der Waals surface area contributed by atoms with E-state index in [1.165, 1.54) is 0 Å². The second-order valence-electron chi connectivity index (χ2n) is 9.93. The quantitative estimate of drug-likeness (QED) is 0.163. The molecule has 7 heteroatoms. The van der Waals surface area contributed by atoms with E-state index in [2.05, 4.69) is 4.98 Å². The van der Waals surface area contributed by atoms with Gasteiger partial charge in [-0.3, -0.25) is 9.59 Å². The molecule has 4 aromatic carbocycles. The number of oxazole rings is 1. The van der Waals surface area contributed by atoms with Crippen LogP contribution in [0.4, 0.5) is 0 Å². The van der Waals surface area contributed by atoms with Crippen LogP contribution >= 0.6 is 0 Å². The zero-order valence-corrected chi connectivity index (χ0v) is 23.9. The van der Waals surface area contributed by atoms with Crippen LogP contribution < -0.4 is 4.74 Å². The van der Waals surface area contributed by atoms with E-state index >= 15 is 0 Å². The van der Waals surface area contributed by atoms with Gasteiger partial charge in [-0.1, -0.05) is 84.9 Å². The van der Waals surface area contributed by atoms with Gasteiger partial charge >= 0.3 is 5.97 Å². The average Bonchev–Trinajstić information content (AvgIpc) is 3.43. The summed E-state index contributed by atoms with van der Waals surface area (Å²) in [5.41, 5.74) is 4.52. The van der Waals surface area contributed by atoms with E-state index in [1.807, 2.05) is 98.6 Å². The third kappa shape index (κ3) is 8.14. The maximum Gasteiger partial charge on any atom is 0.307 e. The second kappa shape index (κ2) is 15.1. The number of hydrogen-bond acceptors (Lipinski definition) is 6. The monoisotopic (exact) mass is 575 g/mol. The summed E-state index contributed by atoms with van der Waals surface area (Å²) in [7, 11) is 0. The van der Waals surface area contributed by atoms with Crippen molar-refractivity contribution in [1.29, 1.82) is 0 Å². The Morgan fingerprint density at radius 3 is 2.14 bits per heavy atom. The molecule has 7 nitrogen and oxygen atoms in total. The molecule has 0 fully saturated rings. The Kier molecular flexibility index (Phi) is 10.7. The van der Waals surface area contributed by atoms with Gasteiger partial charge in [0.05, 0.1) is 18.2 Å². The van der Waals surface area contributed by atoms with Gasteiger partial charge in [0, 0.05) is 23.1 Å². The Labute approximate surface area is 250 Å². The Bertz CT molecular complexity index is 1630. The number of carboxylic acid groups (broad SMARTS) is 1. The number of aryl methyl sites for hydroxylation is 1. The van der Waals surface area contributed by atoms with Gasteiger partial charge in [0.25, 0.3) is 0 Å². The minimum Gasteiger partial charge on any atom is -0.493 e. The summed E-state index contributed by atoms with van der Waals surface area (Å²) in [6.45, 7) is 4.34. The normalized spacial score (nSPS) is 11.2. The number of benzene rings is 4. The highest BCUT2D eigenvalue weighted by Gasteiger charge is 2.22. The third-order valence-electron chi connectivity index (χ3n) is 7.04. The topological polar surface area (TPSA) is 107 Å². The van der Waals surface area contributed by atoms with Gasteiger partial charge in [-0.15, -0.1) is 0 Å². The predicted molar refractivity (Wildman–Crippen MR) is 164 cm³/mol. The van der Waals surface area contributed by atoms with E-state index in [0.717, 1.165) is 28.1 Å². The minimum atomic E-state index is -0.898. The smallest absolute Gasteiger partial charge is 0.307 e. The number of aliphatic carboxylic acids is 1. The molecule has 5 aromatic rings. The van der Waals surface area contributed by atoms with E-state index in [-0.39, 0.29) is 12.2 Å². The highest BCUT2D eigenvalue weighted by atomic mass is 16.5. The molecule has 218 valence electrons. The van der Waals surface area contributed by atoms with Gasteiger partial charge in [0.2, 0.25) is 5.89 Å². The zero-order chi connectivity index (χ0) is 30.6. The zero-order valence-electron chi connectivity index (χ0n) is 23.9. The number of hydrogen-bond donors (Lipinski definition) is 1. The van der Waals surface area contributed by atoms with E-state index in [0.29, 0.717) is 42.2 Å². The fourth-order valence-corrected chi connectivity index (χ4v) is 4.81. The van der Waals surface area contributed by atoms with Gasteiger partial charge in [-0.05, 0) is 55.2 Å². The number of aromatic nitrogens is 1. The number of rotatable bonds is 12. The molecule has 43 heavy (non-hydrogen) atoms. The van der Waals surface area contributed by atoms with Crippen LogP contribution in [0.2, 0.25) is 0 Å². The van der Waals surface area contributed by atoms with Crippen LogP contribution in [0.3, 0.4) is 0 Å². The molecule has 1 unspecified atom stereocenters. The first-order valence-corrected chi connectivity index (χ1v) is 13.9. The molecule has 0 spiro atoms. The average molecular weight is 576 g/mol. The van der Waals surface area contributed by atoms with Crippen molar-refractivity contribution in [3.05, 3.63) is 143 Å². The molecule has 0 aliphatic carbocycles. The molecule has 0 saturated carbocycles. The lowest BCUT2D eigenvalue weighted by Gasteiger charge is -2.16. The van der Waals surface area contributed by atoms with E-state index in [4.69, 9.17) is 13.9 Å². The van der Waals surface area contributed by atoms with Crippen molar-refractivity contribution < 1.29 is 28.6 Å². The van der Waals surface area contributed by atoms with Gasteiger partial charge in [-0.25, -0.2) is 4.98 Å². The van der Waals surface area contributed by atoms with Crippen LogP contribution in [0, 0.1) is 12.8 Å². The molecular formula is C36H33NO6. The second-order valence-corrected chi connectivity index (χ2v) is 9.93. The van der Waals surface area contributed by atoms with Crippen LogP contribution in [0.25, 0.3) is 11.5 Å². The molecule has 1 N–H and O–H groups in total. The van der Waals surface area contributed by atoms with Gasteiger partial charge in [-0.2, -0.15) is 0 Å². The summed E-state index contributed by atoms with van der Waals surface area (Å²) in [4.78, 5) is 37.9. The first kappa shape index (κ1) is 30.7. The minimum absolute atomic E-state index is 0.107. The lowest BCUT2D eigenvalue weighted by molar-refractivity contribution is -0.141. The molecule has 0 saturated heterocycles. The Hall–Kier alpha value is -5.30. The summed E-state index contributed by atoms with van der Waals surface area (Å²) < 4.78 is 11.8. The summed E-state index contributed by atoms with van der Waals surface area (Å²) in [6, 6.07) is 33.6. The summed E-state index contributed by atoms with van der Waals surface area (Å²) in [5, 5.41) is 10.00. The summed E-state index contributed by atoms with van der Waals surface area (Å²) in [6.07, 6.45) is 1.19. The van der Waals surface area contributed by atoms with Crippen LogP contribution in [-0.4, -0.2) is 35.2 Å². The van der Waals surface area contributed by atoms with Crippen molar-refractivity contribution in [3.8, 4) is 17.2 Å². The number of carbonyl (C=O) groups is 3. The van der Waals surface area contributed by atoms with Crippen molar-refractivity contribution >= 4 is 18.5 Å². The number of nitrogens with zero attached hydrogens (tertiary/aromatic N) is 1. The molecule has 1 atom stereocenters. The SMILES string of the molecule is C=O.Cc1oc(-c2ccccc2)nc1CCOc1ccc(CC(Cc2ccccc2C(=O)c2ccccc2)C(=O)O)cc1. The van der Waals surface area contributed by atoms with Crippen LogP contribution in [0.15, 0.2) is 114 Å². The molecule has 0 bridgehead atoms. The Balaban J connectivity index is 0.00000207. The van der Waals surface area contributed by atoms with Crippen molar-refractivity contribution in [2.24, 2.45) is 5.92 Å². The van der Waals surface area contributed by atoms with Crippen LogP contribution in [0.1, 0.15) is 38.5 Å². The Morgan fingerprint density at radius 2 is 1.47 bits per heavy atom. The highest BCUT2D eigenvalue weighted by molar-refractivity contribution is 6.09. The number of carboxylic acids is 1. The number of ketones is 1. The number of ether oxygens (including phenoxy) is 1. The van der Waals surface area contributed by atoms with Crippen LogP contribution in [-0.2, 0) is 28.9 Å². The van der Waals surface area contributed by atoms with Gasteiger partial charge < -0.3 is 19.1 Å². The maximum absolute atomic E-state index is 13.1. The first-order chi connectivity index (χ1) is 21.0. The highest BCUT2D eigenvalue weighted by Crippen LogP contribution is 2.24. The van der Waals surface area contributed by atoms with E-state index in [1.54, 1.807) is 24.3 Å². The van der Waals surface area contributed by atoms with Gasteiger partial charge in [0.15, 0.2) is 5.78 Å². The molecule has 0 radical (unpaired) electrons. The lowest BCUT2D eigenvalue weighted by Crippen LogP contribution is -2.20. The number of carbonyl (C=O) groups excluding carboxylic acids is 2. The predicted octanol–water partition coefficient (Wildman–Crippen LogP) is 6.80. The summed E-state index contributed by atoms with van der Waals surface area (Å²) >= 11 is 0. The van der Waals surface area contributed by atoms with Crippen molar-refractivity contribution in [3.63, 3.8) is 0 Å². The fraction of sp³-hybridized carbons (Fsp3) is 0.167. The standard InChI is InChI=1S/C35H31NO5.CH2O/c1-24-32(36-34(41-24)27-12-6-3-7-13-27)20-21-40-30-18-16-25(17-19-30)22-29(35(38)39)23-28-14-8-9-15-31(28)33(37)26-10-4-2-5-11-26;1-2/h2-19,29H,20-23H2,1H3,(H,38,39);1H2. The Morgan fingerprint density at radius 1 is 0.837 bits per heavy atom. The molecule has 5 rings (SSSR count). The largest absolute Gasteiger partial charge is 0.493 e. The van der Waals surface area contributed by atoms with E-state index < -0.39 is 11.9 Å². The molecule has 0 aliphatic rings. The van der Waals surface area contributed by atoms with Crippen LogP contribution in [0.5, 0.6) is 5.75 Å². The lowest BCUT2D eigenvalue weighted by atomic mass is 9.88. The maximum atomic E-state index is 13.1. The molecule has 0 amide bonds. The van der Waals surface area contributed by atoms with Crippen molar-refractivity contribution in [2.45, 2.75) is 26.2 Å².